The van der Waals surface area contributed by atoms with Gasteiger partial charge in [-0.15, -0.1) is 0 Å². The van der Waals surface area contributed by atoms with Gasteiger partial charge in [0, 0.05) is 18.1 Å². The largest absolute Gasteiger partial charge is 0.381 e. The Morgan fingerprint density at radius 1 is 1.29 bits per heavy atom. The molecule has 0 fully saturated rings. The van der Waals surface area contributed by atoms with E-state index in [1.165, 1.54) is 24.2 Å². The first-order chi connectivity index (χ1) is 10.2. The van der Waals surface area contributed by atoms with E-state index in [-0.39, 0.29) is 11.7 Å². The van der Waals surface area contributed by atoms with Crippen LogP contribution in [0.2, 0.25) is 0 Å². The second-order valence-electron chi connectivity index (χ2n) is 4.12. The van der Waals surface area contributed by atoms with Crippen molar-refractivity contribution < 1.29 is 4.79 Å². The number of nitrogens with one attached hydrogen (secondary N) is 1. The van der Waals surface area contributed by atoms with Crippen LogP contribution in [0.5, 0.6) is 0 Å². The van der Waals surface area contributed by atoms with Gasteiger partial charge in [-0.25, -0.2) is 9.97 Å². The van der Waals surface area contributed by atoms with Gasteiger partial charge < -0.3 is 11.1 Å². The van der Waals surface area contributed by atoms with Crippen LogP contribution in [0.3, 0.4) is 0 Å². The van der Waals surface area contributed by atoms with Crippen LogP contribution in [0.4, 0.5) is 11.5 Å². The fourth-order valence-electron chi connectivity index (χ4n) is 1.58. The Hall–Kier alpha value is -2.59. The first-order valence-electron chi connectivity index (χ1n) is 6.14. The average molecular weight is 299 g/mol. The summed E-state index contributed by atoms with van der Waals surface area (Å²) in [7, 11) is 0. The van der Waals surface area contributed by atoms with Crippen LogP contribution in [0, 0.1) is 11.3 Å². The summed E-state index contributed by atoms with van der Waals surface area (Å²) in [6, 6.07) is 9.24. The quantitative estimate of drug-likeness (QED) is 0.816. The number of amides is 1. The maximum absolute atomic E-state index is 11.8. The molecule has 1 amide bonds. The molecule has 0 aliphatic carbocycles. The standard InChI is InChI=1S/C14H13N5OS/c15-6-5-10-1-3-11(4-2-10)19-12(20)9-21-14-13(16)17-7-8-18-14/h1-4,7-8H,5,9H2,(H2,16,17)(H,19,20). The highest BCUT2D eigenvalue weighted by Crippen LogP contribution is 2.20. The molecule has 2 rings (SSSR count). The number of nitrogens with zero attached hydrogens (tertiary/aromatic N) is 3. The predicted molar refractivity (Wildman–Crippen MR) is 81.6 cm³/mol. The molecule has 0 atom stereocenters. The molecule has 7 heteroatoms. The third kappa shape index (κ3) is 4.47. The van der Waals surface area contributed by atoms with E-state index in [1.54, 1.807) is 12.1 Å². The lowest BCUT2D eigenvalue weighted by molar-refractivity contribution is -0.113. The Labute approximate surface area is 126 Å². The van der Waals surface area contributed by atoms with Gasteiger partial charge in [-0.05, 0) is 17.7 Å². The SMILES string of the molecule is N#CCc1ccc(NC(=O)CSc2nccnc2N)cc1. The van der Waals surface area contributed by atoms with Crippen molar-refractivity contribution in [1.29, 1.82) is 5.26 Å². The molecule has 0 aliphatic rings. The van der Waals surface area contributed by atoms with Crippen LogP contribution in [-0.4, -0.2) is 21.6 Å². The Morgan fingerprint density at radius 3 is 2.67 bits per heavy atom. The molecule has 6 nitrogen and oxygen atoms in total. The molecule has 1 aromatic heterocycles. The fraction of sp³-hybridized carbons (Fsp3) is 0.143. The molecule has 21 heavy (non-hydrogen) atoms. The normalized spacial score (nSPS) is 9.86. The Morgan fingerprint density at radius 2 is 2.00 bits per heavy atom. The number of nitrogens with two attached hydrogens (primary N) is 1. The number of hydrogen-bond acceptors (Lipinski definition) is 6. The van der Waals surface area contributed by atoms with Crippen molar-refractivity contribution in [2.45, 2.75) is 11.4 Å². The number of carbonyl (C=O) groups is 1. The smallest absolute Gasteiger partial charge is 0.234 e. The number of benzene rings is 1. The fourth-order valence-corrected chi connectivity index (χ4v) is 2.25. The van der Waals surface area contributed by atoms with Gasteiger partial charge in [0.15, 0.2) is 5.82 Å². The van der Waals surface area contributed by atoms with Crippen molar-refractivity contribution in [3.8, 4) is 6.07 Å². The molecule has 1 aromatic carbocycles. The lowest BCUT2D eigenvalue weighted by Gasteiger charge is -2.06. The molecular formula is C14H13N5OS. The topological polar surface area (TPSA) is 105 Å². The van der Waals surface area contributed by atoms with Gasteiger partial charge in [-0.1, -0.05) is 23.9 Å². The number of aromatic nitrogens is 2. The van der Waals surface area contributed by atoms with E-state index < -0.39 is 0 Å². The average Bonchev–Trinajstić information content (AvgIpc) is 2.49. The second-order valence-corrected chi connectivity index (χ2v) is 5.08. The summed E-state index contributed by atoms with van der Waals surface area (Å²) in [5.74, 6) is 0.359. The van der Waals surface area contributed by atoms with Gasteiger partial charge in [0.2, 0.25) is 5.91 Å². The molecule has 0 saturated heterocycles. The van der Waals surface area contributed by atoms with E-state index >= 15 is 0 Å². The highest BCUT2D eigenvalue weighted by Gasteiger charge is 2.07. The molecule has 3 N–H and O–H groups in total. The van der Waals surface area contributed by atoms with E-state index in [2.05, 4.69) is 21.4 Å². The van der Waals surface area contributed by atoms with Crippen molar-refractivity contribution in [3.05, 3.63) is 42.2 Å². The van der Waals surface area contributed by atoms with Gasteiger partial charge in [-0.3, -0.25) is 4.79 Å². The van der Waals surface area contributed by atoms with Crippen molar-refractivity contribution >= 4 is 29.2 Å². The minimum atomic E-state index is -0.155. The molecule has 0 bridgehead atoms. The Balaban J connectivity index is 1.87. The van der Waals surface area contributed by atoms with Gasteiger partial charge in [0.05, 0.1) is 18.2 Å². The van der Waals surface area contributed by atoms with E-state index in [1.807, 2.05) is 12.1 Å². The molecule has 0 spiro atoms. The molecule has 0 saturated carbocycles. The van der Waals surface area contributed by atoms with Crippen molar-refractivity contribution in [2.75, 3.05) is 16.8 Å². The molecule has 2 aromatic rings. The van der Waals surface area contributed by atoms with E-state index in [9.17, 15) is 4.79 Å². The van der Waals surface area contributed by atoms with Gasteiger partial charge in [0.25, 0.3) is 0 Å². The van der Waals surface area contributed by atoms with Crippen molar-refractivity contribution in [3.63, 3.8) is 0 Å². The summed E-state index contributed by atoms with van der Waals surface area (Å²) in [6.45, 7) is 0. The summed E-state index contributed by atoms with van der Waals surface area (Å²) in [5.41, 5.74) is 7.26. The van der Waals surface area contributed by atoms with Crippen molar-refractivity contribution in [2.24, 2.45) is 0 Å². The third-order valence-electron chi connectivity index (χ3n) is 2.55. The van der Waals surface area contributed by atoms with Crippen molar-refractivity contribution in [1.82, 2.24) is 9.97 Å². The van der Waals surface area contributed by atoms with E-state index in [4.69, 9.17) is 11.0 Å². The van der Waals surface area contributed by atoms with Crippen LogP contribution in [0.1, 0.15) is 5.56 Å². The maximum atomic E-state index is 11.8. The summed E-state index contributed by atoms with van der Waals surface area (Å²) in [6.07, 6.45) is 3.39. The Bertz CT molecular complexity index is 666. The molecule has 1 heterocycles. The third-order valence-corrected chi connectivity index (χ3v) is 3.55. The number of carbonyl (C=O) groups excluding carboxylic acids is 1. The number of hydrogen-bond donors (Lipinski definition) is 2. The number of anilines is 2. The number of rotatable bonds is 5. The number of nitriles is 1. The molecule has 0 unspecified atom stereocenters. The minimum Gasteiger partial charge on any atom is -0.381 e. The van der Waals surface area contributed by atoms with E-state index in [0.717, 1.165) is 5.56 Å². The zero-order valence-corrected chi connectivity index (χ0v) is 11.9. The second kappa shape index (κ2) is 7.26. The molecular weight excluding hydrogens is 286 g/mol. The molecule has 106 valence electrons. The highest BCUT2D eigenvalue weighted by molar-refractivity contribution is 8.00. The first kappa shape index (κ1) is 14.8. The lowest BCUT2D eigenvalue weighted by atomic mass is 10.1. The van der Waals surface area contributed by atoms with Gasteiger partial charge in [0.1, 0.15) is 5.03 Å². The van der Waals surface area contributed by atoms with Crippen LogP contribution < -0.4 is 11.1 Å². The first-order valence-corrected chi connectivity index (χ1v) is 7.12. The minimum absolute atomic E-state index is 0.155. The van der Waals surface area contributed by atoms with Crippen LogP contribution in [0.25, 0.3) is 0 Å². The zero-order chi connectivity index (χ0) is 15.1. The number of nitrogen functional groups attached to an aromatic ring is 1. The van der Waals surface area contributed by atoms with E-state index in [0.29, 0.717) is 23.0 Å². The highest BCUT2D eigenvalue weighted by atomic mass is 32.2. The Kier molecular flexibility index (Phi) is 5.12. The maximum Gasteiger partial charge on any atom is 0.234 e. The van der Waals surface area contributed by atoms with Crippen LogP contribution >= 0.6 is 11.8 Å². The number of thioether (sulfide) groups is 1. The summed E-state index contributed by atoms with van der Waals surface area (Å²) in [5, 5.41) is 11.9. The van der Waals surface area contributed by atoms with Crippen LogP contribution in [0.15, 0.2) is 41.7 Å². The van der Waals surface area contributed by atoms with Crippen LogP contribution in [-0.2, 0) is 11.2 Å². The lowest BCUT2D eigenvalue weighted by Crippen LogP contribution is -2.14. The van der Waals surface area contributed by atoms with Gasteiger partial charge >= 0.3 is 0 Å². The van der Waals surface area contributed by atoms with Gasteiger partial charge in [-0.2, -0.15) is 5.26 Å². The molecule has 0 aliphatic heterocycles. The molecule has 0 radical (unpaired) electrons. The summed E-state index contributed by atoms with van der Waals surface area (Å²) in [4.78, 5) is 19.8. The predicted octanol–water partition coefficient (Wildman–Crippen LogP) is 1.86. The summed E-state index contributed by atoms with van der Waals surface area (Å²) >= 11 is 1.23. The zero-order valence-electron chi connectivity index (χ0n) is 11.1. The summed E-state index contributed by atoms with van der Waals surface area (Å²) < 4.78 is 0. The monoisotopic (exact) mass is 299 g/mol.